The standard InChI is InChI=1S/C17H19NO/c1-4-10-17(11-5-1)13-7-2-3-8-14(13)18-16(17)15-9-6-12-19-15/h2-3,6-9,12,16,18H,1,4-5,10-11H2/t16-/m0/s1. The Hall–Kier alpha value is -1.70. The molecule has 19 heavy (non-hydrogen) atoms. The van der Waals surface area contributed by atoms with E-state index in [1.807, 2.05) is 6.07 Å². The molecule has 1 saturated carbocycles. The van der Waals surface area contributed by atoms with Gasteiger partial charge < -0.3 is 9.73 Å². The molecule has 0 unspecified atom stereocenters. The van der Waals surface area contributed by atoms with Gasteiger partial charge in [-0.05, 0) is 36.6 Å². The molecule has 0 bridgehead atoms. The van der Waals surface area contributed by atoms with Crippen LogP contribution in [0.1, 0.15) is 49.5 Å². The third kappa shape index (κ3) is 1.55. The molecule has 1 aliphatic heterocycles. The maximum Gasteiger partial charge on any atom is 0.126 e. The average molecular weight is 253 g/mol. The maximum absolute atomic E-state index is 5.71. The van der Waals surface area contributed by atoms with Gasteiger partial charge in [0.25, 0.3) is 0 Å². The lowest BCUT2D eigenvalue weighted by molar-refractivity contribution is 0.250. The average Bonchev–Trinajstić information content (AvgIpc) is 3.08. The predicted octanol–water partition coefficient (Wildman–Crippen LogP) is 4.65. The molecule has 2 heteroatoms. The first-order chi connectivity index (χ1) is 9.40. The lowest BCUT2D eigenvalue weighted by Crippen LogP contribution is -2.34. The second-order valence-corrected chi connectivity index (χ2v) is 5.86. The Morgan fingerprint density at radius 1 is 1.00 bits per heavy atom. The smallest absolute Gasteiger partial charge is 0.126 e. The molecule has 98 valence electrons. The first-order valence-electron chi connectivity index (χ1n) is 7.30. The number of fused-ring (bicyclic) bond motifs is 2. The third-order valence-corrected chi connectivity index (χ3v) is 4.89. The number of para-hydroxylation sites is 1. The zero-order chi connectivity index (χ0) is 12.7. The van der Waals surface area contributed by atoms with E-state index in [2.05, 4.69) is 35.6 Å². The second kappa shape index (κ2) is 4.16. The van der Waals surface area contributed by atoms with Crippen LogP contribution in [0.4, 0.5) is 5.69 Å². The van der Waals surface area contributed by atoms with Crippen molar-refractivity contribution in [1.29, 1.82) is 0 Å². The van der Waals surface area contributed by atoms with Crippen molar-refractivity contribution in [3.05, 3.63) is 54.0 Å². The van der Waals surface area contributed by atoms with Crippen molar-refractivity contribution in [1.82, 2.24) is 0 Å². The molecule has 1 N–H and O–H groups in total. The Labute approximate surface area is 113 Å². The fourth-order valence-corrected chi connectivity index (χ4v) is 4.03. The van der Waals surface area contributed by atoms with Crippen LogP contribution in [0.25, 0.3) is 0 Å². The molecule has 2 heterocycles. The highest BCUT2D eigenvalue weighted by molar-refractivity contribution is 5.63. The minimum absolute atomic E-state index is 0.243. The van der Waals surface area contributed by atoms with Crippen LogP contribution < -0.4 is 5.32 Å². The summed E-state index contributed by atoms with van der Waals surface area (Å²) in [7, 11) is 0. The normalized spacial score (nSPS) is 24.1. The van der Waals surface area contributed by atoms with Crippen LogP contribution in [0.3, 0.4) is 0 Å². The first-order valence-corrected chi connectivity index (χ1v) is 7.30. The number of anilines is 1. The van der Waals surface area contributed by atoms with E-state index in [4.69, 9.17) is 4.42 Å². The summed E-state index contributed by atoms with van der Waals surface area (Å²) in [5.41, 5.74) is 3.04. The highest BCUT2D eigenvalue weighted by atomic mass is 16.3. The van der Waals surface area contributed by atoms with Crippen LogP contribution in [0.2, 0.25) is 0 Å². The van der Waals surface area contributed by atoms with E-state index < -0.39 is 0 Å². The number of furan rings is 1. The van der Waals surface area contributed by atoms with E-state index in [9.17, 15) is 0 Å². The maximum atomic E-state index is 5.71. The van der Waals surface area contributed by atoms with Gasteiger partial charge in [-0.25, -0.2) is 0 Å². The van der Waals surface area contributed by atoms with Crippen LogP contribution in [-0.2, 0) is 5.41 Å². The van der Waals surface area contributed by atoms with Crippen LogP contribution in [0.5, 0.6) is 0 Å². The van der Waals surface area contributed by atoms with Crippen LogP contribution in [0.15, 0.2) is 47.1 Å². The van der Waals surface area contributed by atoms with Crippen molar-refractivity contribution in [2.24, 2.45) is 0 Å². The molecule has 1 spiro atoms. The Morgan fingerprint density at radius 2 is 1.84 bits per heavy atom. The van der Waals surface area contributed by atoms with Crippen LogP contribution >= 0.6 is 0 Å². The molecular weight excluding hydrogens is 234 g/mol. The Balaban J connectivity index is 1.85. The van der Waals surface area contributed by atoms with Gasteiger partial charge in [0.05, 0.1) is 12.3 Å². The molecule has 2 aliphatic rings. The van der Waals surface area contributed by atoms with Gasteiger partial charge in [0, 0.05) is 11.1 Å². The van der Waals surface area contributed by atoms with Gasteiger partial charge in [0.1, 0.15) is 5.76 Å². The second-order valence-electron chi connectivity index (χ2n) is 5.86. The third-order valence-electron chi connectivity index (χ3n) is 4.89. The molecule has 2 nitrogen and oxygen atoms in total. The lowest BCUT2D eigenvalue weighted by atomic mass is 9.66. The number of hydrogen-bond donors (Lipinski definition) is 1. The van der Waals surface area contributed by atoms with E-state index in [0.29, 0.717) is 6.04 Å². The monoisotopic (exact) mass is 253 g/mol. The summed E-state index contributed by atoms with van der Waals surface area (Å²) in [6, 6.07) is 13.2. The Kier molecular flexibility index (Phi) is 2.44. The van der Waals surface area contributed by atoms with E-state index in [-0.39, 0.29) is 5.41 Å². The number of benzene rings is 1. The molecule has 1 atom stereocenters. The molecule has 1 fully saturated rings. The van der Waals surface area contributed by atoms with Crippen molar-refractivity contribution >= 4 is 5.69 Å². The minimum Gasteiger partial charge on any atom is -0.467 e. The summed E-state index contributed by atoms with van der Waals surface area (Å²) >= 11 is 0. The van der Waals surface area contributed by atoms with Crippen molar-refractivity contribution in [3.8, 4) is 0 Å². The first kappa shape index (κ1) is 11.2. The van der Waals surface area contributed by atoms with Gasteiger partial charge >= 0.3 is 0 Å². The van der Waals surface area contributed by atoms with E-state index in [1.54, 1.807) is 6.26 Å². The molecule has 4 rings (SSSR count). The summed E-state index contributed by atoms with van der Waals surface area (Å²) < 4.78 is 5.71. The van der Waals surface area contributed by atoms with Gasteiger partial charge in [-0.1, -0.05) is 37.5 Å². The summed E-state index contributed by atoms with van der Waals surface area (Å²) in [5.74, 6) is 1.08. The summed E-state index contributed by atoms with van der Waals surface area (Å²) in [6.45, 7) is 0. The fourth-order valence-electron chi connectivity index (χ4n) is 4.03. The SMILES string of the molecule is c1coc([C@@H]2Nc3ccccc3C23CCCCC3)c1. The summed E-state index contributed by atoms with van der Waals surface area (Å²) in [4.78, 5) is 0. The van der Waals surface area contributed by atoms with Gasteiger partial charge in [-0.15, -0.1) is 0 Å². The van der Waals surface area contributed by atoms with Crippen molar-refractivity contribution in [2.75, 3.05) is 5.32 Å². The predicted molar refractivity (Wildman–Crippen MR) is 76.3 cm³/mol. The number of nitrogens with one attached hydrogen (secondary N) is 1. The lowest BCUT2D eigenvalue weighted by Gasteiger charge is -2.38. The van der Waals surface area contributed by atoms with E-state index in [0.717, 1.165) is 5.76 Å². The highest BCUT2D eigenvalue weighted by Gasteiger charge is 2.48. The van der Waals surface area contributed by atoms with E-state index >= 15 is 0 Å². The molecule has 2 aromatic rings. The molecule has 1 aromatic heterocycles. The van der Waals surface area contributed by atoms with Gasteiger partial charge in [-0.2, -0.15) is 0 Å². The van der Waals surface area contributed by atoms with Crippen molar-refractivity contribution in [2.45, 2.75) is 43.6 Å². The van der Waals surface area contributed by atoms with Crippen LogP contribution in [0, 0.1) is 0 Å². The summed E-state index contributed by atoms with van der Waals surface area (Å²) in [6.07, 6.45) is 8.34. The minimum atomic E-state index is 0.243. The molecule has 0 amide bonds. The van der Waals surface area contributed by atoms with E-state index in [1.165, 1.54) is 43.4 Å². The fraction of sp³-hybridized carbons (Fsp3) is 0.412. The molecule has 1 aliphatic carbocycles. The highest BCUT2D eigenvalue weighted by Crippen LogP contribution is 2.55. The van der Waals surface area contributed by atoms with Crippen molar-refractivity contribution in [3.63, 3.8) is 0 Å². The topological polar surface area (TPSA) is 25.2 Å². The zero-order valence-electron chi connectivity index (χ0n) is 11.1. The molecule has 0 radical (unpaired) electrons. The van der Waals surface area contributed by atoms with Gasteiger partial charge in [0.2, 0.25) is 0 Å². The van der Waals surface area contributed by atoms with Gasteiger partial charge in [0.15, 0.2) is 0 Å². The van der Waals surface area contributed by atoms with Crippen molar-refractivity contribution < 1.29 is 4.42 Å². The molecule has 1 aromatic carbocycles. The Morgan fingerprint density at radius 3 is 2.63 bits per heavy atom. The van der Waals surface area contributed by atoms with Crippen LogP contribution in [-0.4, -0.2) is 0 Å². The number of rotatable bonds is 1. The number of hydrogen-bond acceptors (Lipinski definition) is 2. The van der Waals surface area contributed by atoms with Gasteiger partial charge in [-0.3, -0.25) is 0 Å². The summed E-state index contributed by atoms with van der Waals surface area (Å²) in [5, 5.41) is 3.70. The largest absolute Gasteiger partial charge is 0.467 e. The molecular formula is C17H19NO. The zero-order valence-corrected chi connectivity index (χ0v) is 11.1. The quantitative estimate of drug-likeness (QED) is 0.800. The molecule has 0 saturated heterocycles. The Bertz CT molecular complexity index is 567.